The molecule has 0 aliphatic carbocycles. The Morgan fingerprint density at radius 1 is 1.38 bits per heavy atom. The fraction of sp³-hybridized carbons (Fsp3) is 0.250. The molecule has 0 aromatic heterocycles. The highest BCUT2D eigenvalue weighted by atomic mass is 16.5. The van der Waals surface area contributed by atoms with Crippen LogP contribution in [0.4, 0.5) is 0 Å². The average Bonchev–Trinajstić information content (AvgIpc) is 2.42. The van der Waals surface area contributed by atoms with Crippen LogP contribution in [0.2, 0.25) is 0 Å². The van der Waals surface area contributed by atoms with E-state index in [9.17, 15) is 14.7 Å². The lowest BCUT2D eigenvalue weighted by Crippen LogP contribution is -2.30. The summed E-state index contributed by atoms with van der Waals surface area (Å²) in [6.45, 7) is 4.10. The van der Waals surface area contributed by atoms with Crippen molar-refractivity contribution >= 4 is 23.2 Å². The van der Waals surface area contributed by atoms with E-state index in [4.69, 9.17) is 4.74 Å². The van der Waals surface area contributed by atoms with Gasteiger partial charge in [-0.2, -0.15) is 0 Å². The van der Waals surface area contributed by atoms with E-state index in [1.54, 1.807) is 24.3 Å². The van der Waals surface area contributed by atoms with E-state index >= 15 is 0 Å². The number of nitrogens with one attached hydrogen (secondary N) is 1. The molecule has 0 bridgehead atoms. The Hall–Kier alpha value is -2.56. The van der Waals surface area contributed by atoms with Crippen LogP contribution in [-0.2, 0) is 16.1 Å². The van der Waals surface area contributed by atoms with Crippen LogP contribution < -0.4 is 5.32 Å². The zero-order valence-electron chi connectivity index (χ0n) is 11.9. The molecule has 21 heavy (non-hydrogen) atoms. The second-order valence-corrected chi connectivity index (χ2v) is 5.04. The number of ether oxygens (including phenoxy) is 1. The molecule has 2 aromatic rings. The summed E-state index contributed by atoms with van der Waals surface area (Å²) < 4.78 is 4.78. The van der Waals surface area contributed by atoms with Crippen LogP contribution in [0.3, 0.4) is 0 Å². The molecule has 5 heteroatoms. The maximum absolute atomic E-state index is 12.3. The van der Waals surface area contributed by atoms with Crippen LogP contribution in [0, 0.1) is 0 Å². The quantitative estimate of drug-likeness (QED) is 0.828. The molecule has 2 N–H and O–H groups in total. The molecule has 110 valence electrons. The van der Waals surface area contributed by atoms with Gasteiger partial charge in [-0.3, -0.25) is 9.59 Å². The van der Waals surface area contributed by atoms with Crippen LogP contribution in [0.15, 0.2) is 30.3 Å². The van der Waals surface area contributed by atoms with E-state index in [2.05, 4.69) is 5.32 Å². The van der Waals surface area contributed by atoms with Gasteiger partial charge in [-0.25, -0.2) is 0 Å². The van der Waals surface area contributed by atoms with Crippen molar-refractivity contribution < 1.29 is 19.4 Å². The SMILES string of the molecule is CC(C)NC(=O)c1cccc2cc(O)cc(COC=O)c12. The van der Waals surface area contributed by atoms with Gasteiger partial charge in [0.25, 0.3) is 12.4 Å². The number of benzene rings is 2. The van der Waals surface area contributed by atoms with Gasteiger partial charge in [0, 0.05) is 22.6 Å². The van der Waals surface area contributed by atoms with Gasteiger partial charge in [-0.05, 0) is 37.4 Å². The van der Waals surface area contributed by atoms with Gasteiger partial charge in [0.05, 0.1) is 0 Å². The fourth-order valence-electron chi connectivity index (χ4n) is 2.27. The Labute approximate surface area is 122 Å². The Bertz CT molecular complexity index is 679. The van der Waals surface area contributed by atoms with Gasteiger partial charge in [0.1, 0.15) is 12.4 Å². The molecule has 0 radical (unpaired) electrons. The van der Waals surface area contributed by atoms with Crippen molar-refractivity contribution in [1.82, 2.24) is 5.32 Å². The van der Waals surface area contributed by atoms with Crippen molar-refractivity contribution in [3.63, 3.8) is 0 Å². The summed E-state index contributed by atoms with van der Waals surface area (Å²) in [5.74, 6) is -0.137. The molecule has 1 amide bonds. The summed E-state index contributed by atoms with van der Waals surface area (Å²) in [5.41, 5.74) is 1.08. The molecule has 2 rings (SSSR count). The van der Waals surface area contributed by atoms with Crippen molar-refractivity contribution in [1.29, 1.82) is 0 Å². The first kappa shape index (κ1) is 14.8. The summed E-state index contributed by atoms with van der Waals surface area (Å²) in [6.07, 6.45) is 0. The standard InChI is InChI=1S/C16H17NO4/c1-10(2)17-16(20)14-5-3-4-11-6-13(19)7-12(15(11)14)8-21-9-18/h3-7,9-10,19H,8H2,1-2H3,(H,17,20). The number of amides is 1. The number of hydrogen-bond donors (Lipinski definition) is 2. The molecule has 0 heterocycles. The topological polar surface area (TPSA) is 75.6 Å². The van der Waals surface area contributed by atoms with Crippen molar-refractivity contribution in [2.75, 3.05) is 0 Å². The Morgan fingerprint density at radius 2 is 2.14 bits per heavy atom. The monoisotopic (exact) mass is 287 g/mol. The van der Waals surface area contributed by atoms with Gasteiger partial charge < -0.3 is 15.2 Å². The molecule has 2 aromatic carbocycles. The van der Waals surface area contributed by atoms with Gasteiger partial charge in [0.15, 0.2) is 0 Å². The third kappa shape index (κ3) is 3.31. The van der Waals surface area contributed by atoms with Gasteiger partial charge in [-0.1, -0.05) is 12.1 Å². The highest BCUT2D eigenvalue weighted by Crippen LogP contribution is 2.28. The Morgan fingerprint density at radius 3 is 2.81 bits per heavy atom. The minimum atomic E-state index is -0.200. The maximum Gasteiger partial charge on any atom is 0.293 e. The third-order valence-corrected chi connectivity index (χ3v) is 3.01. The lowest BCUT2D eigenvalue weighted by atomic mass is 9.98. The smallest absolute Gasteiger partial charge is 0.293 e. The predicted molar refractivity (Wildman–Crippen MR) is 79.1 cm³/mol. The molecular formula is C16H17NO4. The zero-order chi connectivity index (χ0) is 15.4. The average molecular weight is 287 g/mol. The number of rotatable bonds is 5. The highest BCUT2D eigenvalue weighted by Gasteiger charge is 2.15. The van der Waals surface area contributed by atoms with E-state index in [1.807, 2.05) is 13.8 Å². The number of carbonyl (C=O) groups excluding carboxylic acids is 2. The molecule has 0 atom stereocenters. The highest BCUT2D eigenvalue weighted by molar-refractivity contribution is 6.08. The summed E-state index contributed by atoms with van der Waals surface area (Å²) >= 11 is 0. The normalized spacial score (nSPS) is 10.6. The molecule has 0 aliphatic heterocycles. The van der Waals surface area contributed by atoms with Gasteiger partial charge in [0.2, 0.25) is 0 Å². The lowest BCUT2D eigenvalue weighted by molar-refractivity contribution is -0.129. The van der Waals surface area contributed by atoms with E-state index in [-0.39, 0.29) is 24.3 Å². The van der Waals surface area contributed by atoms with Crippen LogP contribution in [0.1, 0.15) is 29.8 Å². The first-order valence-electron chi connectivity index (χ1n) is 6.63. The molecule has 0 fully saturated rings. The molecule has 0 aliphatic rings. The van der Waals surface area contributed by atoms with Crippen molar-refractivity contribution in [3.8, 4) is 5.75 Å². The first-order chi connectivity index (χ1) is 10.0. The van der Waals surface area contributed by atoms with Crippen molar-refractivity contribution in [2.24, 2.45) is 0 Å². The molecule has 0 saturated heterocycles. The number of phenolic OH excluding ortho intramolecular Hbond substituents is 1. The minimum Gasteiger partial charge on any atom is -0.508 e. The zero-order valence-corrected chi connectivity index (χ0v) is 11.9. The minimum absolute atomic E-state index is 0.000369. The fourth-order valence-corrected chi connectivity index (χ4v) is 2.27. The van der Waals surface area contributed by atoms with Crippen molar-refractivity contribution in [3.05, 3.63) is 41.5 Å². The van der Waals surface area contributed by atoms with Crippen LogP contribution in [0.25, 0.3) is 10.8 Å². The number of carbonyl (C=O) groups is 2. The summed E-state index contributed by atoms with van der Waals surface area (Å²) in [7, 11) is 0. The van der Waals surface area contributed by atoms with Crippen LogP contribution >= 0.6 is 0 Å². The molecule has 0 saturated carbocycles. The molecule has 0 spiro atoms. The summed E-state index contributed by atoms with van der Waals surface area (Å²) in [4.78, 5) is 22.7. The summed E-state index contributed by atoms with van der Waals surface area (Å²) in [6, 6.07) is 8.35. The van der Waals surface area contributed by atoms with Gasteiger partial charge >= 0.3 is 0 Å². The lowest BCUT2D eigenvalue weighted by Gasteiger charge is -2.13. The second-order valence-electron chi connectivity index (χ2n) is 5.04. The van der Waals surface area contributed by atoms with E-state index < -0.39 is 0 Å². The van der Waals surface area contributed by atoms with Crippen molar-refractivity contribution in [2.45, 2.75) is 26.5 Å². The molecule has 0 unspecified atom stereocenters. The van der Waals surface area contributed by atoms with E-state index in [0.29, 0.717) is 23.0 Å². The maximum atomic E-state index is 12.3. The van der Waals surface area contributed by atoms with Gasteiger partial charge in [-0.15, -0.1) is 0 Å². The van der Waals surface area contributed by atoms with E-state index in [0.717, 1.165) is 5.39 Å². The Kier molecular flexibility index (Phi) is 4.42. The Balaban J connectivity index is 2.60. The van der Waals surface area contributed by atoms with E-state index in [1.165, 1.54) is 6.07 Å². The van der Waals surface area contributed by atoms with Crippen LogP contribution in [0.5, 0.6) is 5.75 Å². The molecule has 5 nitrogen and oxygen atoms in total. The number of fused-ring (bicyclic) bond motifs is 1. The first-order valence-corrected chi connectivity index (χ1v) is 6.63. The second kappa shape index (κ2) is 6.26. The molecular weight excluding hydrogens is 270 g/mol. The number of aromatic hydroxyl groups is 1. The third-order valence-electron chi connectivity index (χ3n) is 3.01. The number of phenols is 1. The summed E-state index contributed by atoms with van der Waals surface area (Å²) in [5, 5.41) is 14.0. The van der Waals surface area contributed by atoms with Crippen LogP contribution in [-0.4, -0.2) is 23.5 Å². The number of hydrogen-bond acceptors (Lipinski definition) is 4. The largest absolute Gasteiger partial charge is 0.508 e. The predicted octanol–water partition coefficient (Wildman–Crippen LogP) is 2.36.